The summed E-state index contributed by atoms with van der Waals surface area (Å²) in [6.07, 6.45) is 4.42. The number of unbranched alkanes of at least 4 members (excludes halogenated alkanes) is 1. The molecule has 2 rings (SSSR count). The van der Waals surface area contributed by atoms with Crippen LogP contribution in [0.2, 0.25) is 0 Å². The zero-order valence-electron chi connectivity index (χ0n) is 14.2. The second-order valence-corrected chi connectivity index (χ2v) is 6.22. The van der Waals surface area contributed by atoms with Crippen LogP contribution in [0.15, 0.2) is 30.3 Å². The first-order valence-corrected chi connectivity index (χ1v) is 8.76. The van der Waals surface area contributed by atoms with E-state index >= 15 is 0 Å². The minimum Gasteiger partial charge on any atom is -0.354 e. The third kappa shape index (κ3) is 6.20. The van der Waals surface area contributed by atoms with Gasteiger partial charge in [-0.15, -0.1) is 0 Å². The molecule has 1 aromatic carbocycles. The van der Waals surface area contributed by atoms with Crippen LogP contribution in [0.3, 0.4) is 0 Å². The van der Waals surface area contributed by atoms with Crippen molar-refractivity contribution < 1.29 is 9.59 Å². The average Bonchev–Trinajstić information content (AvgIpc) is 3.10. The molecule has 1 atom stereocenters. The normalized spacial score (nSPS) is 15.8. The molecule has 24 heavy (non-hydrogen) atoms. The summed E-state index contributed by atoms with van der Waals surface area (Å²) in [5.41, 5.74) is 6.25. The molecule has 1 aliphatic heterocycles. The Morgan fingerprint density at radius 3 is 2.46 bits per heavy atom. The Hall–Kier alpha value is -2.08. The van der Waals surface area contributed by atoms with E-state index in [2.05, 4.69) is 27.7 Å². The first-order valence-electron chi connectivity index (χ1n) is 8.76. The molecule has 1 unspecified atom stereocenters. The molecule has 1 heterocycles. The lowest BCUT2D eigenvalue weighted by Crippen LogP contribution is -2.36. The molecular weight excluding hydrogens is 304 g/mol. The van der Waals surface area contributed by atoms with E-state index in [0.29, 0.717) is 19.5 Å². The van der Waals surface area contributed by atoms with Gasteiger partial charge in [-0.2, -0.15) is 0 Å². The topological polar surface area (TPSA) is 87.5 Å². The number of likely N-dealkylation sites (tertiary alicyclic amines) is 1. The van der Waals surface area contributed by atoms with Gasteiger partial charge in [-0.1, -0.05) is 30.3 Å². The molecule has 0 bridgehead atoms. The zero-order valence-corrected chi connectivity index (χ0v) is 14.2. The van der Waals surface area contributed by atoms with Crippen LogP contribution in [0.5, 0.6) is 0 Å². The molecule has 0 aromatic heterocycles. The number of nitrogens with one attached hydrogen (secondary N) is 2. The van der Waals surface area contributed by atoms with Crippen LogP contribution in [0, 0.1) is 0 Å². The van der Waals surface area contributed by atoms with Crippen molar-refractivity contribution in [3.63, 3.8) is 0 Å². The van der Waals surface area contributed by atoms with Gasteiger partial charge in [0.25, 0.3) is 0 Å². The molecule has 1 aliphatic rings. The Morgan fingerprint density at radius 1 is 1.08 bits per heavy atom. The summed E-state index contributed by atoms with van der Waals surface area (Å²) in [4.78, 5) is 25.1. The maximum absolute atomic E-state index is 12.0. The van der Waals surface area contributed by atoms with E-state index in [4.69, 9.17) is 5.73 Å². The van der Waals surface area contributed by atoms with Crippen LogP contribution < -0.4 is 16.4 Å². The Morgan fingerprint density at radius 2 is 1.79 bits per heavy atom. The van der Waals surface area contributed by atoms with E-state index in [1.54, 1.807) is 0 Å². The van der Waals surface area contributed by atoms with Gasteiger partial charge in [0.1, 0.15) is 0 Å². The summed E-state index contributed by atoms with van der Waals surface area (Å²) in [6.45, 7) is 3.34. The number of primary amides is 1. The maximum Gasteiger partial charge on any atom is 0.312 e. The standard InChI is InChI=1S/C18H28N4O2/c19-18(24)20-11-5-4-10-17(23)21-14-16(22-12-6-7-13-22)15-8-2-1-3-9-15/h1-3,8-9,16H,4-7,10-14H2,(H,21,23)(H3,19,20,24). The van der Waals surface area contributed by atoms with E-state index in [9.17, 15) is 9.59 Å². The van der Waals surface area contributed by atoms with E-state index in [1.807, 2.05) is 18.2 Å². The number of nitrogens with zero attached hydrogens (tertiary/aromatic N) is 1. The minimum absolute atomic E-state index is 0.0641. The van der Waals surface area contributed by atoms with Crippen LogP contribution in [-0.2, 0) is 4.79 Å². The molecule has 132 valence electrons. The van der Waals surface area contributed by atoms with Gasteiger partial charge in [0, 0.05) is 19.5 Å². The quantitative estimate of drug-likeness (QED) is 0.602. The Balaban J connectivity index is 1.76. The fraction of sp³-hybridized carbons (Fsp3) is 0.556. The molecular formula is C18H28N4O2. The smallest absolute Gasteiger partial charge is 0.312 e. The predicted octanol–water partition coefficient (Wildman–Crippen LogP) is 1.78. The summed E-state index contributed by atoms with van der Waals surface area (Å²) >= 11 is 0. The van der Waals surface area contributed by atoms with Crippen molar-refractivity contribution in [1.29, 1.82) is 0 Å². The first-order chi connectivity index (χ1) is 11.7. The molecule has 0 radical (unpaired) electrons. The minimum atomic E-state index is -0.518. The molecule has 6 heteroatoms. The lowest BCUT2D eigenvalue weighted by Gasteiger charge is -2.28. The Labute approximate surface area is 143 Å². The lowest BCUT2D eigenvalue weighted by atomic mass is 10.1. The fourth-order valence-corrected chi connectivity index (χ4v) is 3.11. The van der Waals surface area contributed by atoms with Crippen molar-refractivity contribution in [2.75, 3.05) is 26.2 Å². The molecule has 1 saturated heterocycles. The van der Waals surface area contributed by atoms with Crippen LogP contribution in [0.4, 0.5) is 4.79 Å². The highest BCUT2D eigenvalue weighted by Gasteiger charge is 2.23. The molecule has 0 saturated carbocycles. The molecule has 4 N–H and O–H groups in total. The molecule has 1 aromatic rings. The number of carbonyl (C=O) groups excluding carboxylic acids is 2. The second-order valence-electron chi connectivity index (χ2n) is 6.22. The van der Waals surface area contributed by atoms with Crippen LogP contribution in [-0.4, -0.2) is 43.0 Å². The number of nitrogens with two attached hydrogens (primary N) is 1. The summed E-state index contributed by atoms with van der Waals surface area (Å²) in [7, 11) is 0. The van der Waals surface area contributed by atoms with Gasteiger partial charge in [-0.05, 0) is 44.3 Å². The number of hydrogen-bond acceptors (Lipinski definition) is 3. The van der Waals surface area contributed by atoms with E-state index in [-0.39, 0.29) is 11.9 Å². The zero-order chi connectivity index (χ0) is 17.2. The molecule has 0 aliphatic carbocycles. The van der Waals surface area contributed by atoms with Crippen molar-refractivity contribution in [3.8, 4) is 0 Å². The van der Waals surface area contributed by atoms with Gasteiger partial charge >= 0.3 is 6.03 Å². The van der Waals surface area contributed by atoms with Gasteiger partial charge in [0.15, 0.2) is 0 Å². The van der Waals surface area contributed by atoms with Crippen LogP contribution >= 0.6 is 0 Å². The monoisotopic (exact) mass is 332 g/mol. The maximum atomic E-state index is 12.0. The Kier molecular flexibility index (Phi) is 7.55. The van der Waals surface area contributed by atoms with Crippen LogP contribution in [0.1, 0.15) is 43.7 Å². The second kappa shape index (κ2) is 9.93. The van der Waals surface area contributed by atoms with Gasteiger partial charge in [-0.25, -0.2) is 4.79 Å². The van der Waals surface area contributed by atoms with Gasteiger partial charge in [0.2, 0.25) is 5.91 Å². The molecule has 3 amide bonds. The van der Waals surface area contributed by atoms with Crippen molar-refractivity contribution >= 4 is 11.9 Å². The highest BCUT2D eigenvalue weighted by atomic mass is 16.2. The molecule has 0 spiro atoms. The number of amides is 3. The van der Waals surface area contributed by atoms with E-state index in [1.165, 1.54) is 18.4 Å². The third-order valence-electron chi connectivity index (χ3n) is 4.39. The summed E-state index contributed by atoms with van der Waals surface area (Å²) in [5, 5.41) is 5.59. The van der Waals surface area contributed by atoms with Gasteiger partial charge in [-0.3, -0.25) is 9.69 Å². The third-order valence-corrected chi connectivity index (χ3v) is 4.39. The summed E-state index contributed by atoms with van der Waals surface area (Å²) in [6, 6.07) is 10.1. The SMILES string of the molecule is NC(=O)NCCCCC(=O)NCC(c1ccccc1)N1CCCC1. The molecule has 1 fully saturated rings. The van der Waals surface area contributed by atoms with Gasteiger partial charge < -0.3 is 16.4 Å². The summed E-state index contributed by atoms with van der Waals surface area (Å²) < 4.78 is 0. The number of benzene rings is 1. The number of rotatable bonds is 9. The van der Waals surface area contributed by atoms with Crippen molar-refractivity contribution in [3.05, 3.63) is 35.9 Å². The molecule has 6 nitrogen and oxygen atoms in total. The van der Waals surface area contributed by atoms with E-state index in [0.717, 1.165) is 25.9 Å². The lowest BCUT2D eigenvalue weighted by molar-refractivity contribution is -0.121. The van der Waals surface area contributed by atoms with Crippen molar-refractivity contribution in [2.24, 2.45) is 5.73 Å². The number of carbonyl (C=O) groups is 2. The van der Waals surface area contributed by atoms with Crippen LogP contribution in [0.25, 0.3) is 0 Å². The van der Waals surface area contributed by atoms with E-state index < -0.39 is 6.03 Å². The fourth-order valence-electron chi connectivity index (χ4n) is 3.11. The van der Waals surface area contributed by atoms with Gasteiger partial charge in [0.05, 0.1) is 6.04 Å². The first kappa shape index (κ1) is 18.3. The van der Waals surface area contributed by atoms with Crippen molar-refractivity contribution in [2.45, 2.75) is 38.1 Å². The highest BCUT2D eigenvalue weighted by molar-refractivity contribution is 5.75. The number of hydrogen-bond donors (Lipinski definition) is 3. The largest absolute Gasteiger partial charge is 0.354 e. The highest BCUT2D eigenvalue weighted by Crippen LogP contribution is 2.24. The Bertz CT molecular complexity index is 515. The number of urea groups is 1. The van der Waals surface area contributed by atoms with Crippen molar-refractivity contribution in [1.82, 2.24) is 15.5 Å². The summed E-state index contributed by atoms with van der Waals surface area (Å²) in [5.74, 6) is 0.0641. The average molecular weight is 332 g/mol. The predicted molar refractivity (Wildman–Crippen MR) is 94.4 cm³/mol.